The molecule has 2 unspecified atom stereocenters. The topological polar surface area (TPSA) is 68.8 Å². The summed E-state index contributed by atoms with van der Waals surface area (Å²) < 4.78 is 5.55. The molecule has 0 aliphatic carbocycles. The van der Waals surface area contributed by atoms with Crippen LogP contribution < -0.4 is 0 Å². The molecule has 0 aromatic heterocycles. The third-order valence-electron chi connectivity index (χ3n) is 3.83. The number of ether oxygens (including phenoxy) is 1. The van der Waals surface area contributed by atoms with E-state index in [4.69, 9.17) is 21.6 Å². The maximum Gasteiger partial charge on any atom is 0.293 e. The zero-order valence-electron chi connectivity index (χ0n) is 11.0. The van der Waals surface area contributed by atoms with Crippen LogP contribution in [0, 0.1) is 18.3 Å². The third kappa shape index (κ3) is 2.01. The van der Waals surface area contributed by atoms with Gasteiger partial charge in [0.25, 0.3) is 6.02 Å². The molecule has 104 valence electrons. The minimum Gasteiger partial charge on any atom is -0.463 e. The first kappa shape index (κ1) is 13.2. The van der Waals surface area contributed by atoms with Crippen LogP contribution in [0.25, 0.3) is 0 Å². The van der Waals surface area contributed by atoms with Gasteiger partial charge in [0.05, 0.1) is 28.4 Å². The Hall–Kier alpha value is -1.77. The number of nitriles is 1. The molecule has 2 heterocycles. The number of halogens is 1. The number of hydrogen-bond acceptors (Lipinski definition) is 4. The summed E-state index contributed by atoms with van der Waals surface area (Å²) in [5.74, 6) is 0. The standard InChI is InChI=1S/C14H14ClN3O2/c1-8-10(3-2-9(6-16)13(8)15)17-14-18-5-4-12(19)11(18)7-20-14/h2-3,11-12,19H,4-5,7H2,1H3/b17-14-. The van der Waals surface area contributed by atoms with Crippen LogP contribution in [0.2, 0.25) is 5.02 Å². The molecule has 3 rings (SSSR count). The smallest absolute Gasteiger partial charge is 0.293 e. The maximum atomic E-state index is 9.82. The largest absolute Gasteiger partial charge is 0.463 e. The van der Waals surface area contributed by atoms with Crippen molar-refractivity contribution in [2.45, 2.75) is 25.5 Å². The van der Waals surface area contributed by atoms with Crippen molar-refractivity contribution < 1.29 is 9.84 Å². The van der Waals surface area contributed by atoms with Gasteiger partial charge in [-0.05, 0) is 31.0 Å². The Morgan fingerprint density at radius 1 is 1.55 bits per heavy atom. The minimum absolute atomic E-state index is 0.00269. The number of aliphatic hydroxyl groups is 1. The van der Waals surface area contributed by atoms with Crippen molar-refractivity contribution in [2.75, 3.05) is 13.2 Å². The van der Waals surface area contributed by atoms with Gasteiger partial charge in [-0.25, -0.2) is 0 Å². The van der Waals surface area contributed by atoms with Crippen LogP contribution in [0.3, 0.4) is 0 Å². The Morgan fingerprint density at radius 2 is 2.35 bits per heavy atom. The molecule has 0 spiro atoms. The molecule has 5 nitrogen and oxygen atoms in total. The van der Waals surface area contributed by atoms with Crippen molar-refractivity contribution >= 4 is 23.3 Å². The molecule has 6 heteroatoms. The van der Waals surface area contributed by atoms with Crippen molar-refractivity contribution in [2.24, 2.45) is 4.99 Å². The number of benzene rings is 1. The monoisotopic (exact) mass is 291 g/mol. The molecule has 20 heavy (non-hydrogen) atoms. The number of aliphatic hydroxyl groups excluding tert-OH is 1. The van der Waals surface area contributed by atoms with Crippen LogP contribution >= 0.6 is 11.6 Å². The Labute approximate surface area is 122 Å². The summed E-state index contributed by atoms with van der Waals surface area (Å²) >= 11 is 6.13. The van der Waals surface area contributed by atoms with E-state index in [9.17, 15) is 5.11 Å². The SMILES string of the molecule is Cc1c(/N=C2\OCC3C(O)CCN23)ccc(C#N)c1Cl. The summed E-state index contributed by atoms with van der Waals surface area (Å²) in [4.78, 5) is 6.47. The zero-order chi connectivity index (χ0) is 14.3. The molecule has 2 aliphatic rings. The maximum absolute atomic E-state index is 9.82. The lowest BCUT2D eigenvalue weighted by Gasteiger charge is -2.15. The summed E-state index contributed by atoms with van der Waals surface area (Å²) in [7, 11) is 0. The van der Waals surface area contributed by atoms with Crippen molar-refractivity contribution in [3.63, 3.8) is 0 Å². The first-order valence-corrected chi connectivity index (χ1v) is 6.85. The Bertz CT molecular complexity index is 624. The molecule has 1 N–H and O–H groups in total. The van der Waals surface area contributed by atoms with E-state index in [2.05, 4.69) is 4.99 Å². The lowest BCUT2D eigenvalue weighted by molar-refractivity contribution is 0.134. The number of rotatable bonds is 1. The van der Waals surface area contributed by atoms with Crippen LogP contribution in [0.4, 0.5) is 5.69 Å². The van der Waals surface area contributed by atoms with Crippen LogP contribution in [0.5, 0.6) is 0 Å². The molecule has 1 aromatic carbocycles. The molecular weight excluding hydrogens is 278 g/mol. The highest BCUT2D eigenvalue weighted by Gasteiger charge is 2.41. The van der Waals surface area contributed by atoms with E-state index < -0.39 is 0 Å². The molecule has 2 saturated heterocycles. The van der Waals surface area contributed by atoms with Crippen LogP contribution in [0.1, 0.15) is 17.5 Å². The van der Waals surface area contributed by atoms with Crippen molar-refractivity contribution in [3.8, 4) is 6.07 Å². The molecule has 0 bridgehead atoms. The van der Waals surface area contributed by atoms with Gasteiger partial charge in [-0.1, -0.05) is 11.6 Å². The molecule has 1 aromatic rings. The van der Waals surface area contributed by atoms with Crippen molar-refractivity contribution in [1.82, 2.24) is 4.90 Å². The predicted octanol–water partition coefficient (Wildman–Crippen LogP) is 1.97. The van der Waals surface area contributed by atoms with Gasteiger partial charge in [0, 0.05) is 6.54 Å². The lowest BCUT2D eigenvalue weighted by Crippen LogP contribution is -2.33. The summed E-state index contributed by atoms with van der Waals surface area (Å²) in [6, 6.07) is 5.98. The van der Waals surface area contributed by atoms with E-state index in [1.54, 1.807) is 12.1 Å². The van der Waals surface area contributed by atoms with Gasteiger partial charge in [0.2, 0.25) is 0 Å². The second-order valence-corrected chi connectivity index (χ2v) is 5.38. The highest BCUT2D eigenvalue weighted by Crippen LogP contribution is 2.31. The van der Waals surface area contributed by atoms with E-state index in [1.165, 1.54) is 0 Å². The van der Waals surface area contributed by atoms with Gasteiger partial charge in [-0.3, -0.25) is 0 Å². The van der Waals surface area contributed by atoms with E-state index in [0.717, 1.165) is 18.5 Å². The average Bonchev–Trinajstić information content (AvgIpc) is 3.00. The average molecular weight is 292 g/mol. The first-order valence-electron chi connectivity index (χ1n) is 6.47. The fourth-order valence-electron chi connectivity index (χ4n) is 2.60. The lowest BCUT2D eigenvalue weighted by atomic mass is 10.1. The molecule has 2 atom stereocenters. The summed E-state index contributed by atoms with van der Waals surface area (Å²) in [5.41, 5.74) is 1.88. The van der Waals surface area contributed by atoms with Crippen LogP contribution in [-0.4, -0.2) is 41.3 Å². The van der Waals surface area contributed by atoms with E-state index in [0.29, 0.717) is 28.9 Å². The molecular formula is C14H14ClN3O2. The number of fused-ring (bicyclic) bond motifs is 1. The first-order chi connectivity index (χ1) is 9.61. The zero-order valence-corrected chi connectivity index (χ0v) is 11.8. The Kier molecular flexibility index (Phi) is 3.28. The van der Waals surface area contributed by atoms with E-state index >= 15 is 0 Å². The van der Waals surface area contributed by atoms with Gasteiger partial charge >= 0.3 is 0 Å². The summed E-state index contributed by atoms with van der Waals surface area (Å²) in [6.07, 6.45) is 0.383. The number of hydrogen-bond donors (Lipinski definition) is 1. The number of nitrogens with zero attached hydrogens (tertiary/aromatic N) is 3. The van der Waals surface area contributed by atoms with Crippen molar-refractivity contribution in [1.29, 1.82) is 5.26 Å². The van der Waals surface area contributed by atoms with Gasteiger partial charge in [-0.2, -0.15) is 10.3 Å². The van der Waals surface area contributed by atoms with E-state index in [1.807, 2.05) is 17.9 Å². The van der Waals surface area contributed by atoms with Gasteiger partial charge in [0.15, 0.2) is 0 Å². The normalized spacial score (nSPS) is 26.5. The molecule has 0 saturated carbocycles. The summed E-state index contributed by atoms with van der Waals surface area (Å²) in [6.45, 7) is 3.03. The fraction of sp³-hybridized carbons (Fsp3) is 0.429. The fourth-order valence-corrected chi connectivity index (χ4v) is 2.80. The molecule has 2 aliphatic heterocycles. The van der Waals surface area contributed by atoms with Gasteiger partial charge in [-0.15, -0.1) is 0 Å². The molecule has 0 amide bonds. The second-order valence-electron chi connectivity index (χ2n) is 5.01. The van der Waals surface area contributed by atoms with Crippen LogP contribution in [-0.2, 0) is 4.74 Å². The van der Waals surface area contributed by atoms with Gasteiger partial charge in [0.1, 0.15) is 12.7 Å². The number of aliphatic imine (C=N–C) groups is 1. The third-order valence-corrected chi connectivity index (χ3v) is 4.32. The quantitative estimate of drug-likeness (QED) is 0.859. The highest BCUT2D eigenvalue weighted by atomic mass is 35.5. The van der Waals surface area contributed by atoms with Gasteiger partial charge < -0.3 is 14.7 Å². The molecule has 2 fully saturated rings. The summed E-state index contributed by atoms with van der Waals surface area (Å²) in [5, 5.41) is 19.2. The predicted molar refractivity (Wildman–Crippen MR) is 75.1 cm³/mol. The Morgan fingerprint density at radius 3 is 3.10 bits per heavy atom. The highest BCUT2D eigenvalue weighted by molar-refractivity contribution is 6.32. The second kappa shape index (κ2) is 4.97. The molecule has 0 radical (unpaired) electrons. The number of amidine groups is 1. The minimum atomic E-state index is -0.353. The van der Waals surface area contributed by atoms with Crippen LogP contribution in [0.15, 0.2) is 17.1 Å². The van der Waals surface area contributed by atoms with E-state index in [-0.39, 0.29) is 12.1 Å². The van der Waals surface area contributed by atoms with Crippen molar-refractivity contribution in [3.05, 3.63) is 28.3 Å². The Balaban J connectivity index is 1.94.